The lowest BCUT2D eigenvalue weighted by Gasteiger charge is -2.18. The molecule has 5 heteroatoms. The van der Waals surface area contributed by atoms with Crippen LogP contribution in [0.15, 0.2) is 0 Å². The number of alkyl halides is 3. The van der Waals surface area contributed by atoms with Crippen LogP contribution in [0.25, 0.3) is 0 Å². The SMILES string of the molecule is CCCOC(=O)CC(C)C(Cl)(Cl)Cl. The molecule has 0 rings (SSSR count). The molecule has 0 saturated carbocycles. The number of hydrogen-bond donors (Lipinski definition) is 0. The van der Waals surface area contributed by atoms with Gasteiger partial charge in [-0.1, -0.05) is 48.7 Å². The van der Waals surface area contributed by atoms with Crippen molar-refractivity contribution in [3.05, 3.63) is 0 Å². The van der Waals surface area contributed by atoms with Gasteiger partial charge in [-0.05, 0) is 6.42 Å². The topological polar surface area (TPSA) is 26.3 Å². The van der Waals surface area contributed by atoms with Crippen molar-refractivity contribution in [2.24, 2.45) is 5.92 Å². The number of esters is 1. The first-order chi connectivity index (χ1) is 5.88. The van der Waals surface area contributed by atoms with Crippen LogP contribution in [0.4, 0.5) is 0 Å². The van der Waals surface area contributed by atoms with E-state index in [-0.39, 0.29) is 18.3 Å². The zero-order valence-electron chi connectivity index (χ0n) is 7.65. The number of rotatable bonds is 4. The van der Waals surface area contributed by atoms with Crippen molar-refractivity contribution in [3.63, 3.8) is 0 Å². The Morgan fingerprint density at radius 1 is 1.46 bits per heavy atom. The summed E-state index contributed by atoms with van der Waals surface area (Å²) in [5.74, 6) is -0.650. The average molecular weight is 248 g/mol. The van der Waals surface area contributed by atoms with E-state index in [1.54, 1.807) is 6.92 Å². The standard InChI is InChI=1S/C8H13Cl3O2/c1-3-4-13-7(12)5-6(2)8(9,10)11/h6H,3-5H2,1-2H3. The van der Waals surface area contributed by atoms with E-state index in [1.807, 2.05) is 6.92 Å². The molecular weight excluding hydrogens is 234 g/mol. The summed E-state index contributed by atoms with van der Waals surface area (Å²) in [6, 6.07) is 0. The lowest BCUT2D eigenvalue weighted by atomic mass is 10.1. The molecule has 0 aromatic carbocycles. The monoisotopic (exact) mass is 246 g/mol. The molecule has 0 aromatic rings. The summed E-state index contributed by atoms with van der Waals surface area (Å²) in [6.45, 7) is 4.04. The van der Waals surface area contributed by atoms with E-state index in [0.717, 1.165) is 6.42 Å². The molecule has 0 bridgehead atoms. The summed E-state index contributed by atoms with van der Waals surface area (Å²) >= 11 is 16.8. The quantitative estimate of drug-likeness (QED) is 0.563. The molecule has 0 saturated heterocycles. The van der Waals surface area contributed by atoms with Gasteiger partial charge in [0.1, 0.15) is 0 Å². The lowest BCUT2D eigenvalue weighted by molar-refractivity contribution is -0.144. The lowest BCUT2D eigenvalue weighted by Crippen LogP contribution is -2.20. The number of carbonyl (C=O) groups is 1. The smallest absolute Gasteiger partial charge is 0.306 e. The van der Waals surface area contributed by atoms with Crippen molar-refractivity contribution in [1.29, 1.82) is 0 Å². The Kier molecular flexibility index (Phi) is 6.10. The minimum atomic E-state index is -1.40. The summed E-state index contributed by atoms with van der Waals surface area (Å²) in [7, 11) is 0. The van der Waals surface area contributed by atoms with E-state index in [0.29, 0.717) is 6.61 Å². The molecule has 0 aliphatic carbocycles. The van der Waals surface area contributed by atoms with Crippen LogP contribution in [0.2, 0.25) is 0 Å². The third-order valence-electron chi connectivity index (χ3n) is 1.50. The van der Waals surface area contributed by atoms with E-state index in [4.69, 9.17) is 39.5 Å². The first-order valence-corrected chi connectivity index (χ1v) is 5.23. The maximum absolute atomic E-state index is 11.1. The Labute approximate surface area is 93.5 Å². The molecular formula is C8H13Cl3O2. The van der Waals surface area contributed by atoms with Gasteiger partial charge in [0.2, 0.25) is 0 Å². The first kappa shape index (κ1) is 13.3. The zero-order chi connectivity index (χ0) is 10.5. The normalized spacial score (nSPS) is 13.9. The Morgan fingerprint density at radius 3 is 2.38 bits per heavy atom. The van der Waals surface area contributed by atoms with Crippen LogP contribution >= 0.6 is 34.8 Å². The van der Waals surface area contributed by atoms with E-state index >= 15 is 0 Å². The summed E-state index contributed by atoms with van der Waals surface area (Å²) in [5, 5.41) is 0. The summed E-state index contributed by atoms with van der Waals surface area (Å²) in [5.41, 5.74) is 0. The fourth-order valence-electron chi connectivity index (χ4n) is 0.641. The number of ether oxygens (including phenoxy) is 1. The molecule has 0 aliphatic heterocycles. The van der Waals surface area contributed by atoms with Gasteiger partial charge in [-0.25, -0.2) is 0 Å². The summed E-state index contributed by atoms with van der Waals surface area (Å²) < 4.78 is 3.44. The molecule has 0 amide bonds. The van der Waals surface area contributed by atoms with Crippen LogP contribution in [0.3, 0.4) is 0 Å². The van der Waals surface area contributed by atoms with Crippen LogP contribution in [0.5, 0.6) is 0 Å². The molecule has 0 radical (unpaired) electrons. The highest BCUT2D eigenvalue weighted by molar-refractivity contribution is 6.67. The molecule has 0 fully saturated rings. The molecule has 0 N–H and O–H groups in total. The molecule has 0 aromatic heterocycles. The van der Waals surface area contributed by atoms with Gasteiger partial charge in [-0.15, -0.1) is 0 Å². The molecule has 1 unspecified atom stereocenters. The number of halogens is 3. The van der Waals surface area contributed by atoms with Crippen LogP contribution in [-0.4, -0.2) is 16.4 Å². The molecule has 0 aliphatic rings. The zero-order valence-corrected chi connectivity index (χ0v) is 9.92. The summed E-state index contributed by atoms with van der Waals surface area (Å²) in [6.07, 6.45) is 0.935. The van der Waals surface area contributed by atoms with Crippen LogP contribution in [0.1, 0.15) is 26.7 Å². The number of hydrogen-bond acceptors (Lipinski definition) is 2. The van der Waals surface area contributed by atoms with Crippen molar-refractivity contribution < 1.29 is 9.53 Å². The van der Waals surface area contributed by atoms with Crippen molar-refractivity contribution >= 4 is 40.8 Å². The second-order valence-corrected chi connectivity index (χ2v) is 5.24. The van der Waals surface area contributed by atoms with Crippen molar-refractivity contribution in [3.8, 4) is 0 Å². The maximum atomic E-state index is 11.1. The predicted octanol–water partition coefficient (Wildman–Crippen LogP) is 3.34. The summed E-state index contributed by atoms with van der Waals surface area (Å²) in [4.78, 5) is 11.1. The van der Waals surface area contributed by atoms with Crippen LogP contribution in [0, 0.1) is 5.92 Å². The van der Waals surface area contributed by atoms with Gasteiger partial charge >= 0.3 is 5.97 Å². The van der Waals surface area contributed by atoms with Crippen molar-refractivity contribution in [2.45, 2.75) is 30.5 Å². The van der Waals surface area contributed by atoms with Gasteiger partial charge in [-0.3, -0.25) is 4.79 Å². The van der Waals surface area contributed by atoms with Crippen molar-refractivity contribution in [1.82, 2.24) is 0 Å². The highest BCUT2D eigenvalue weighted by atomic mass is 35.6. The maximum Gasteiger partial charge on any atom is 0.306 e. The Bertz CT molecular complexity index is 165. The first-order valence-electron chi connectivity index (χ1n) is 4.10. The number of carbonyl (C=O) groups excluding carboxylic acids is 1. The van der Waals surface area contributed by atoms with Gasteiger partial charge in [0.05, 0.1) is 13.0 Å². The average Bonchev–Trinajstić information content (AvgIpc) is 1.99. The third kappa shape index (κ3) is 6.42. The molecule has 2 nitrogen and oxygen atoms in total. The fraction of sp³-hybridized carbons (Fsp3) is 0.875. The van der Waals surface area contributed by atoms with Gasteiger partial charge < -0.3 is 4.74 Å². The second kappa shape index (κ2) is 5.94. The van der Waals surface area contributed by atoms with Crippen LogP contribution in [-0.2, 0) is 9.53 Å². The van der Waals surface area contributed by atoms with Gasteiger partial charge in [0.25, 0.3) is 0 Å². The minimum Gasteiger partial charge on any atom is -0.466 e. The molecule has 13 heavy (non-hydrogen) atoms. The highest BCUT2D eigenvalue weighted by Crippen LogP contribution is 2.36. The molecule has 78 valence electrons. The van der Waals surface area contributed by atoms with E-state index in [9.17, 15) is 4.79 Å². The predicted molar refractivity (Wildman–Crippen MR) is 55.3 cm³/mol. The molecule has 1 atom stereocenters. The highest BCUT2D eigenvalue weighted by Gasteiger charge is 2.30. The molecule has 0 heterocycles. The Morgan fingerprint density at radius 2 is 2.00 bits per heavy atom. The minimum absolute atomic E-state index is 0.135. The van der Waals surface area contributed by atoms with E-state index in [2.05, 4.69) is 0 Å². The van der Waals surface area contributed by atoms with Gasteiger partial charge in [0, 0.05) is 5.92 Å². The van der Waals surface area contributed by atoms with Gasteiger partial charge in [-0.2, -0.15) is 0 Å². The Hall–Kier alpha value is 0.340. The van der Waals surface area contributed by atoms with Crippen LogP contribution < -0.4 is 0 Å². The van der Waals surface area contributed by atoms with Gasteiger partial charge in [0.15, 0.2) is 3.79 Å². The van der Waals surface area contributed by atoms with E-state index in [1.165, 1.54) is 0 Å². The molecule has 0 spiro atoms. The van der Waals surface area contributed by atoms with Crippen molar-refractivity contribution in [2.75, 3.05) is 6.61 Å². The largest absolute Gasteiger partial charge is 0.466 e. The second-order valence-electron chi connectivity index (χ2n) is 2.87. The van der Waals surface area contributed by atoms with E-state index < -0.39 is 3.79 Å². The third-order valence-corrected chi connectivity index (χ3v) is 2.62. The Balaban J connectivity index is 3.79. The fourth-order valence-corrected chi connectivity index (χ4v) is 0.872.